The van der Waals surface area contributed by atoms with Gasteiger partial charge in [0.1, 0.15) is 0 Å². The molecule has 18 heavy (non-hydrogen) atoms. The van der Waals surface area contributed by atoms with E-state index in [4.69, 9.17) is 4.74 Å². The van der Waals surface area contributed by atoms with Crippen molar-refractivity contribution in [2.45, 2.75) is 44.2 Å². The molecule has 1 atom stereocenters. The fraction of sp³-hybridized carbons (Fsp3) is 0.917. The second kappa shape index (κ2) is 5.57. The fourth-order valence-corrected chi connectivity index (χ4v) is 4.79. The minimum Gasteiger partial charge on any atom is -0.468 e. The molecule has 0 aromatic carbocycles. The predicted octanol–water partition coefficient (Wildman–Crippen LogP) is 0.591. The van der Waals surface area contributed by atoms with Crippen LogP contribution in [-0.2, 0) is 19.4 Å². The highest BCUT2D eigenvalue weighted by Crippen LogP contribution is 2.28. The summed E-state index contributed by atoms with van der Waals surface area (Å²) in [5.74, 6) is 0.175. The van der Waals surface area contributed by atoms with E-state index in [1.165, 1.54) is 20.0 Å². The zero-order valence-corrected chi connectivity index (χ0v) is 11.6. The fourth-order valence-electron chi connectivity index (χ4n) is 3.04. The van der Waals surface area contributed by atoms with E-state index in [1.807, 2.05) is 0 Å². The number of carbonyl (C=O) groups is 1. The smallest absolute Gasteiger partial charge is 0.319 e. The van der Waals surface area contributed by atoms with Gasteiger partial charge >= 0.3 is 5.97 Å². The van der Waals surface area contributed by atoms with Crippen LogP contribution < -0.4 is 0 Å². The van der Waals surface area contributed by atoms with E-state index in [0.29, 0.717) is 12.5 Å². The van der Waals surface area contributed by atoms with Crippen LogP contribution in [0.1, 0.15) is 32.1 Å². The van der Waals surface area contributed by atoms with E-state index >= 15 is 0 Å². The van der Waals surface area contributed by atoms with E-state index in [0.717, 1.165) is 12.8 Å². The Kier molecular flexibility index (Phi) is 4.27. The molecule has 0 aromatic rings. The molecule has 1 aliphatic heterocycles. The van der Waals surface area contributed by atoms with E-state index in [1.54, 1.807) is 0 Å². The molecule has 0 spiro atoms. The van der Waals surface area contributed by atoms with E-state index in [-0.39, 0.29) is 30.1 Å². The molecular formula is C12H21NO4S. The standard InChI is InChI=1S/C12H21NO4S/c1-17-12(14)8-13(10-4-2-3-5-10)11-6-7-18(15,16)9-11/h10-11H,2-9H2,1H3. The Balaban J connectivity index is 2.06. The van der Waals surface area contributed by atoms with Gasteiger partial charge in [0.25, 0.3) is 0 Å². The molecule has 1 saturated heterocycles. The van der Waals surface area contributed by atoms with Crippen LogP contribution in [0.4, 0.5) is 0 Å². The summed E-state index contributed by atoms with van der Waals surface area (Å²) in [6.45, 7) is 0.224. The van der Waals surface area contributed by atoms with Gasteiger partial charge in [0.05, 0.1) is 25.2 Å². The lowest BCUT2D eigenvalue weighted by atomic mass is 10.1. The quantitative estimate of drug-likeness (QED) is 0.703. The summed E-state index contributed by atoms with van der Waals surface area (Å²) in [6, 6.07) is 0.347. The number of hydrogen-bond acceptors (Lipinski definition) is 5. The second-order valence-electron chi connectivity index (χ2n) is 5.24. The molecule has 5 nitrogen and oxygen atoms in total. The van der Waals surface area contributed by atoms with Crippen molar-refractivity contribution >= 4 is 15.8 Å². The maximum absolute atomic E-state index is 11.6. The van der Waals surface area contributed by atoms with Gasteiger partial charge in [-0.15, -0.1) is 0 Å². The predicted molar refractivity (Wildman–Crippen MR) is 68.0 cm³/mol. The van der Waals surface area contributed by atoms with E-state index < -0.39 is 9.84 Å². The van der Waals surface area contributed by atoms with Gasteiger partial charge in [0.2, 0.25) is 0 Å². The van der Waals surface area contributed by atoms with Crippen molar-refractivity contribution in [1.82, 2.24) is 4.90 Å². The van der Waals surface area contributed by atoms with Gasteiger partial charge in [-0.1, -0.05) is 12.8 Å². The molecule has 0 amide bonds. The SMILES string of the molecule is COC(=O)CN(C1CCCC1)C1CCS(=O)(=O)C1. The number of esters is 1. The molecule has 2 fully saturated rings. The molecule has 0 bridgehead atoms. The molecule has 2 rings (SSSR count). The average molecular weight is 275 g/mol. The van der Waals surface area contributed by atoms with E-state index in [2.05, 4.69) is 4.90 Å². The van der Waals surface area contributed by atoms with Gasteiger partial charge in [0, 0.05) is 12.1 Å². The summed E-state index contributed by atoms with van der Waals surface area (Å²) in [7, 11) is -1.53. The molecule has 1 unspecified atom stereocenters. The molecule has 1 aliphatic carbocycles. The van der Waals surface area contributed by atoms with Crippen molar-refractivity contribution in [3.8, 4) is 0 Å². The first kappa shape index (κ1) is 13.8. The van der Waals surface area contributed by atoms with Crippen molar-refractivity contribution in [1.29, 1.82) is 0 Å². The molecular weight excluding hydrogens is 254 g/mol. The third-order valence-electron chi connectivity index (χ3n) is 4.01. The highest BCUT2D eigenvalue weighted by atomic mass is 32.2. The van der Waals surface area contributed by atoms with Crippen LogP contribution in [0.3, 0.4) is 0 Å². The Bertz CT molecular complexity index is 400. The van der Waals surface area contributed by atoms with Crippen LogP contribution >= 0.6 is 0 Å². The highest BCUT2D eigenvalue weighted by molar-refractivity contribution is 7.91. The van der Waals surface area contributed by atoms with Gasteiger partial charge in [-0.3, -0.25) is 9.69 Å². The van der Waals surface area contributed by atoms with Crippen LogP contribution in [0.25, 0.3) is 0 Å². The minimum atomic E-state index is -2.91. The maximum Gasteiger partial charge on any atom is 0.319 e. The highest BCUT2D eigenvalue weighted by Gasteiger charge is 2.37. The molecule has 1 heterocycles. The zero-order valence-electron chi connectivity index (χ0n) is 10.8. The number of rotatable bonds is 4. The monoisotopic (exact) mass is 275 g/mol. The number of nitrogens with zero attached hydrogens (tertiary/aromatic N) is 1. The third-order valence-corrected chi connectivity index (χ3v) is 5.76. The Morgan fingerprint density at radius 1 is 1.22 bits per heavy atom. The first-order valence-corrected chi connectivity index (χ1v) is 8.37. The summed E-state index contributed by atoms with van der Waals surface area (Å²) in [5, 5.41) is 0. The number of ether oxygens (including phenoxy) is 1. The average Bonchev–Trinajstić information content (AvgIpc) is 2.95. The van der Waals surface area contributed by atoms with Crippen molar-refractivity contribution in [3.63, 3.8) is 0 Å². The summed E-state index contributed by atoms with van der Waals surface area (Å²) in [6.07, 6.45) is 5.11. The Morgan fingerprint density at radius 2 is 1.89 bits per heavy atom. The Hall–Kier alpha value is -0.620. The van der Waals surface area contributed by atoms with Gasteiger partial charge in [0.15, 0.2) is 9.84 Å². The lowest BCUT2D eigenvalue weighted by molar-refractivity contribution is -0.143. The molecule has 104 valence electrons. The van der Waals surface area contributed by atoms with Crippen molar-refractivity contribution in [3.05, 3.63) is 0 Å². The molecule has 1 saturated carbocycles. The van der Waals surface area contributed by atoms with Crippen molar-refractivity contribution in [2.24, 2.45) is 0 Å². The Labute approximate surface area is 108 Å². The number of methoxy groups -OCH3 is 1. The molecule has 0 aromatic heterocycles. The lowest BCUT2D eigenvalue weighted by Gasteiger charge is -2.32. The van der Waals surface area contributed by atoms with E-state index in [9.17, 15) is 13.2 Å². The molecule has 0 radical (unpaired) electrons. The van der Waals surface area contributed by atoms with Gasteiger partial charge in [-0.2, -0.15) is 0 Å². The van der Waals surface area contributed by atoms with Crippen LogP contribution in [0.2, 0.25) is 0 Å². The summed E-state index contributed by atoms with van der Waals surface area (Å²) in [5.41, 5.74) is 0. The van der Waals surface area contributed by atoms with Crippen LogP contribution in [0.5, 0.6) is 0 Å². The second-order valence-corrected chi connectivity index (χ2v) is 7.47. The van der Waals surface area contributed by atoms with Crippen LogP contribution in [0.15, 0.2) is 0 Å². The van der Waals surface area contributed by atoms with Gasteiger partial charge in [-0.05, 0) is 19.3 Å². The topological polar surface area (TPSA) is 63.7 Å². The normalized spacial score (nSPS) is 27.8. The third kappa shape index (κ3) is 3.23. The number of hydrogen-bond donors (Lipinski definition) is 0. The van der Waals surface area contributed by atoms with Gasteiger partial charge in [-0.25, -0.2) is 8.42 Å². The summed E-state index contributed by atoms with van der Waals surface area (Å²) >= 11 is 0. The summed E-state index contributed by atoms with van der Waals surface area (Å²) in [4.78, 5) is 13.6. The van der Waals surface area contributed by atoms with Crippen LogP contribution in [-0.4, -0.2) is 56.5 Å². The molecule has 2 aliphatic rings. The molecule has 6 heteroatoms. The largest absolute Gasteiger partial charge is 0.468 e. The van der Waals surface area contributed by atoms with Crippen molar-refractivity contribution < 1.29 is 17.9 Å². The minimum absolute atomic E-state index is 0.00259. The van der Waals surface area contributed by atoms with Crippen molar-refractivity contribution in [2.75, 3.05) is 25.2 Å². The first-order chi connectivity index (χ1) is 8.52. The lowest BCUT2D eigenvalue weighted by Crippen LogP contribution is -2.45. The first-order valence-electron chi connectivity index (χ1n) is 6.55. The van der Waals surface area contributed by atoms with Crippen LogP contribution in [0, 0.1) is 0 Å². The number of sulfone groups is 1. The summed E-state index contributed by atoms with van der Waals surface area (Å²) < 4.78 is 27.9. The Morgan fingerprint density at radius 3 is 2.39 bits per heavy atom. The maximum atomic E-state index is 11.6. The zero-order chi connectivity index (χ0) is 13.2. The molecule has 0 N–H and O–H groups in total. The number of carbonyl (C=O) groups excluding carboxylic acids is 1. The van der Waals surface area contributed by atoms with Gasteiger partial charge < -0.3 is 4.74 Å².